The molecule has 3 rings (SSSR count). The minimum Gasteiger partial charge on any atom is -0.497 e. The van der Waals surface area contributed by atoms with E-state index in [0.29, 0.717) is 44.6 Å². The average Bonchev–Trinajstić information content (AvgIpc) is 2.86. The Hall–Kier alpha value is -3.34. The number of piperidine rings is 1. The molecule has 1 aliphatic heterocycles. The summed E-state index contributed by atoms with van der Waals surface area (Å²) in [6.07, 6.45) is -3.63. The lowest BCUT2D eigenvalue weighted by atomic mass is 9.88. The van der Waals surface area contributed by atoms with Crippen LogP contribution in [0.25, 0.3) is 0 Å². The van der Waals surface area contributed by atoms with Crippen molar-refractivity contribution in [3.63, 3.8) is 0 Å². The van der Waals surface area contributed by atoms with Crippen molar-refractivity contribution in [2.75, 3.05) is 20.2 Å². The summed E-state index contributed by atoms with van der Waals surface area (Å²) >= 11 is 0. The number of rotatable bonds is 9. The SMILES string of the molecule is COc1ccc(CNC2(C)CCN(C(=O)C(NC(=O)c3cc(OC(F)(F)F)ccc3F)C(C)C)CC2)cc1. The number of likely N-dealkylation sites (tertiary alicyclic amines) is 1. The number of hydrogen-bond donors (Lipinski definition) is 2. The molecule has 7 nitrogen and oxygen atoms in total. The third kappa shape index (κ3) is 7.83. The highest BCUT2D eigenvalue weighted by Crippen LogP contribution is 2.26. The van der Waals surface area contributed by atoms with Crippen LogP contribution in [0.1, 0.15) is 49.5 Å². The number of nitrogens with one attached hydrogen (secondary N) is 2. The molecule has 208 valence electrons. The van der Waals surface area contributed by atoms with Gasteiger partial charge >= 0.3 is 6.36 Å². The van der Waals surface area contributed by atoms with Gasteiger partial charge in [0, 0.05) is 25.2 Å². The number of halogens is 4. The molecule has 2 N–H and O–H groups in total. The van der Waals surface area contributed by atoms with E-state index in [1.165, 1.54) is 0 Å². The number of nitrogens with zero attached hydrogens (tertiary/aromatic N) is 1. The molecule has 1 atom stereocenters. The largest absolute Gasteiger partial charge is 0.573 e. The molecule has 2 aromatic rings. The van der Waals surface area contributed by atoms with Crippen molar-refractivity contribution >= 4 is 11.8 Å². The normalized spacial score (nSPS) is 16.2. The smallest absolute Gasteiger partial charge is 0.497 e. The maximum Gasteiger partial charge on any atom is 0.573 e. The van der Waals surface area contributed by atoms with Gasteiger partial charge in [-0.1, -0.05) is 26.0 Å². The summed E-state index contributed by atoms with van der Waals surface area (Å²) in [5, 5.41) is 6.07. The van der Waals surface area contributed by atoms with Gasteiger partial charge in [-0.15, -0.1) is 13.2 Å². The van der Waals surface area contributed by atoms with E-state index >= 15 is 0 Å². The van der Waals surface area contributed by atoms with Gasteiger partial charge < -0.3 is 25.0 Å². The van der Waals surface area contributed by atoms with Gasteiger partial charge in [-0.05, 0) is 61.6 Å². The van der Waals surface area contributed by atoms with Gasteiger partial charge in [-0.3, -0.25) is 9.59 Å². The Labute approximate surface area is 219 Å². The second-order valence-corrected chi connectivity index (χ2v) is 9.97. The highest BCUT2D eigenvalue weighted by molar-refractivity contribution is 5.98. The molecule has 1 fully saturated rings. The number of carbonyl (C=O) groups excluding carboxylic acids is 2. The fraction of sp³-hybridized carbons (Fsp3) is 0.481. The van der Waals surface area contributed by atoms with Crippen molar-refractivity contribution in [3.8, 4) is 11.5 Å². The van der Waals surface area contributed by atoms with Gasteiger partial charge in [0.15, 0.2) is 0 Å². The zero-order valence-electron chi connectivity index (χ0n) is 21.8. The minimum atomic E-state index is -4.99. The van der Waals surface area contributed by atoms with E-state index < -0.39 is 35.4 Å². The van der Waals surface area contributed by atoms with Crippen LogP contribution in [-0.2, 0) is 11.3 Å². The standard InChI is InChI=1S/C27H33F4N3O4/c1-17(2)23(33-24(35)21-15-20(9-10-22(21)28)38-27(29,30)31)25(36)34-13-11-26(3,12-14-34)32-16-18-5-7-19(37-4)8-6-18/h5-10,15,17,23,32H,11-14,16H2,1-4H3,(H,33,35). The van der Waals surface area contributed by atoms with Crippen LogP contribution in [0.2, 0.25) is 0 Å². The summed E-state index contributed by atoms with van der Waals surface area (Å²) < 4.78 is 60.9. The second-order valence-electron chi connectivity index (χ2n) is 9.97. The van der Waals surface area contributed by atoms with Crippen LogP contribution in [0.15, 0.2) is 42.5 Å². The summed E-state index contributed by atoms with van der Waals surface area (Å²) in [7, 11) is 1.61. The summed E-state index contributed by atoms with van der Waals surface area (Å²) in [5.41, 5.74) is 0.263. The van der Waals surface area contributed by atoms with Crippen LogP contribution >= 0.6 is 0 Å². The Morgan fingerprint density at radius 2 is 1.66 bits per heavy atom. The molecular weight excluding hydrogens is 506 g/mol. The van der Waals surface area contributed by atoms with Crippen LogP contribution in [0.3, 0.4) is 0 Å². The summed E-state index contributed by atoms with van der Waals surface area (Å²) in [4.78, 5) is 27.7. The predicted molar refractivity (Wildman–Crippen MR) is 133 cm³/mol. The van der Waals surface area contributed by atoms with E-state index in [1.807, 2.05) is 24.3 Å². The van der Waals surface area contributed by atoms with Crippen LogP contribution in [0.5, 0.6) is 11.5 Å². The summed E-state index contributed by atoms with van der Waals surface area (Å²) in [6.45, 7) is 7.11. The molecule has 2 amide bonds. The zero-order valence-corrected chi connectivity index (χ0v) is 21.8. The number of methoxy groups -OCH3 is 1. The molecular formula is C27H33F4N3O4. The molecule has 1 heterocycles. The molecule has 0 bridgehead atoms. The van der Waals surface area contributed by atoms with Crippen molar-refractivity contribution < 1.29 is 36.6 Å². The number of carbonyl (C=O) groups is 2. The summed E-state index contributed by atoms with van der Waals surface area (Å²) in [5.74, 6) is -2.63. The molecule has 0 saturated carbocycles. The fourth-order valence-electron chi connectivity index (χ4n) is 4.26. The van der Waals surface area contributed by atoms with E-state index in [4.69, 9.17) is 4.74 Å². The molecule has 0 aliphatic carbocycles. The first-order chi connectivity index (χ1) is 17.8. The summed E-state index contributed by atoms with van der Waals surface area (Å²) in [6, 6.07) is 8.94. The lowest BCUT2D eigenvalue weighted by molar-refractivity contribution is -0.274. The predicted octanol–water partition coefficient (Wildman–Crippen LogP) is 4.66. The van der Waals surface area contributed by atoms with Crippen molar-refractivity contribution in [2.45, 2.75) is 58.1 Å². The van der Waals surface area contributed by atoms with Gasteiger partial charge in [0.2, 0.25) is 5.91 Å². The highest BCUT2D eigenvalue weighted by Gasteiger charge is 2.36. The second kappa shape index (κ2) is 12.0. The molecule has 2 aromatic carbocycles. The Morgan fingerprint density at radius 1 is 1.05 bits per heavy atom. The minimum absolute atomic E-state index is 0.199. The first kappa shape index (κ1) is 29.2. The van der Waals surface area contributed by atoms with Crippen molar-refractivity contribution in [1.29, 1.82) is 0 Å². The molecule has 38 heavy (non-hydrogen) atoms. The topological polar surface area (TPSA) is 79.9 Å². The zero-order chi connectivity index (χ0) is 28.1. The third-order valence-electron chi connectivity index (χ3n) is 6.69. The van der Waals surface area contributed by atoms with Gasteiger partial charge in [-0.25, -0.2) is 4.39 Å². The van der Waals surface area contributed by atoms with Gasteiger partial charge in [-0.2, -0.15) is 0 Å². The van der Waals surface area contributed by atoms with E-state index in [-0.39, 0.29) is 17.4 Å². The van der Waals surface area contributed by atoms with Crippen LogP contribution in [-0.4, -0.2) is 54.9 Å². The fourth-order valence-corrected chi connectivity index (χ4v) is 4.26. The van der Waals surface area contributed by atoms with Crippen LogP contribution in [0, 0.1) is 11.7 Å². The molecule has 0 aromatic heterocycles. The number of ether oxygens (including phenoxy) is 2. The van der Waals surface area contributed by atoms with Crippen molar-refractivity contribution in [2.24, 2.45) is 5.92 Å². The molecule has 0 spiro atoms. The van der Waals surface area contributed by atoms with E-state index in [2.05, 4.69) is 22.3 Å². The molecule has 1 unspecified atom stereocenters. The lowest BCUT2D eigenvalue weighted by Gasteiger charge is -2.41. The lowest BCUT2D eigenvalue weighted by Crippen LogP contribution is -2.57. The van der Waals surface area contributed by atoms with Crippen LogP contribution < -0.4 is 20.1 Å². The third-order valence-corrected chi connectivity index (χ3v) is 6.69. The maximum absolute atomic E-state index is 14.3. The first-order valence-corrected chi connectivity index (χ1v) is 12.3. The van der Waals surface area contributed by atoms with E-state index in [9.17, 15) is 27.2 Å². The van der Waals surface area contributed by atoms with Crippen molar-refractivity contribution in [1.82, 2.24) is 15.5 Å². The number of alkyl halides is 3. The molecule has 11 heteroatoms. The van der Waals surface area contributed by atoms with Crippen molar-refractivity contribution in [3.05, 3.63) is 59.4 Å². The van der Waals surface area contributed by atoms with Gasteiger partial charge in [0.05, 0.1) is 12.7 Å². The average molecular weight is 540 g/mol. The molecule has 1 saturated heterocycles. The Kier molecular flexibility index (Phi) is 9.24. The first-order valence-electron chi connectivity index (χ1n) is 12.3. The Balaban J connectivity index is 1.61. The van der Waals surface area contributed by atoms with E-state index in [0.717, 1.165) is 17.4 Å². The highest BCUT2D eigenvalue weighted by atomic mass is 19.4. The van der Waals surface area contributed by atoms with Gasteiger partial charge in [0.25, 0.3) is 5.91 Å². The van der Waals surface area contributed by atoms with Crippen LogP contribution in [0.4, 0.5) is 17.6 Å². The van der Waals surface area contributed by atoms with E-state index in [1.54, 1.807) is 25.9 Å². The quantitative estimate of drug-likeness (QED) is 0.454. The number of benzene rings is 2. The molecule has 1 aliphatic rings. The number of hydrogen-bond acceptors (Lipinski definition) is 5. The number of amides is 2. The Bertz CT molecular complexity index is 1110. The monoisotopic (exact) mass is 539 g/mol. The molecule has 0 radical (unpaired) electrons. The van der Waals surface area contributed by atoms with Gasteiger partial charge in [0.1, 0.15) is 23.4 Å². The Morgan fingerprint density at radius 3 is 2.21 bits per heavy atom. The maximum atomic E-state index is 14.3.